The molecule has 0 N–H and O–H groups in total. The molecule has 0 atom stereocenters. The first kappa shape index (κ1) is 17.0. The van der Waals surface area contributed by atoms with Gasteiger partial charge in [0.05, 0.1) is 20.3 Å². The van der Waals surface area contributed by atoms with E-state index >= 15 is 0 Å². The van der Waals surface area contributed by atoms with Crippen LogP contribution in [0.2, 0.25) is 0 Å². The predicted octanol–water partition coefficient (Wildman–Crippen LogP) is 4.86. The van der Waals surface area contributed by atoms with Crippen molar-refractivity contribution in [2.24, 2.45) is 0 Å². The average Bonchev–Trinajstić information content (AvgIpc) is 2.55. The number of halogens is 2. The van der Waals surface area contributed by atoms with E-state index in [1.54, 1.807) is 7.11 Å². The molecule has 22 heavy (non-hydrogen) atoms. The molecule has 0 amide bonds. The lowest BCUT2D eigenvalue weighted by atomic mass is 10.1. The van der Waals surface area contributed by atoms with Gasteiger partial charge in [0.25, 0.3) is 0 Å². The fourth-order valence-corrected chi connectivity index (χ4v) is 2.37. The molecule has 0 aliphatic carbocycles. The molecule has 3 nitrogen and oxygen atoms in total. The Balaban J connectivity index is 2.22. The average molecular weight is 343 g/mol. The van der Waals surface area contributed by atoms with Gasteiger partial charge in [0.1, 0.15) is 5.75 Å². The van der Waals surface area contributed by atoms with E-state index < -0.39 is 0 Å². The van der Waals surface area contributed by atoms with Crippen molar-refractivity contribution in [3.05, 3.63) is 30.3 Å². The molecule has 0 aliphatic heterocycles. The van der Waals surface area contributed by atoms with Crippen LogP contribution < -0.4 is 14.2 Å². The normalized spacial score (nSPS) is 10.7. The second-order valence-electron chi connectivity index (χ2n) is 4.76. The number of rotatable bonds is 9. The summed E-state index contributed by atoms with van der Waals surface area (Å²) in [4.78, 5) is 0. The maximum absolute atomic E-state index is 5.73. The summed E-state index contributed by atoms with van der Waals surface area (Å²) >= 11 is 11.3. The van der Waals surface area contributed by atoms with Gasteiger partial charge < -0.3 is 14.2 Å². The molecule has 0 saturated heterocycles. The van der Waals surface area contributed by atoms with Crippen LogP contribution in [0.15, 0.2) is 30.3 Å². The fourth-order valence-electron chi connectivity index (χ4n) is 2.15. The third kappa shape index (κ3) is 4.34. The first-order valence-corrected chi connectivity index (χ1v) is 8.35. The van der Waals surface area contributed by atoms with Gasteiger partial charge in [-0.1, -0.05) is 6.07 Å². The zero-order valence-corrected chi connectivity index (χ0v) is 14.1. The van der Waals surface area contributed by atoms with E-state index in [2.05, 4.69) is 0 Å². The third-order valence-corrected chi connectivity index (χ3v) is 3.73. The molecule has 2 aromatic rings. The third-order valence-electron chi connectivity index (χ3n) is 3.19. The Morgan fingerprint density at radius 1 is 0.909 bits per heavy atom. The minimum absolute atomic E-state index is 0.574. The minimum atomic E-state index is 0.574. The maximum Gasteiger partial charge on any atom is 0.168 e. The molecule has 5 heteroatoms. The van der Waals surface area contributed by atoms with Gasteiger partial charge in [0.2, 0.25) is 0 Å². The standard InChI is InChI=1S/C17H20Cl2O3/c1-20-17-15-6-5-14(21-10-2-8-18)12-13(15)4-7-16(17)22-11-3-9-19/h4-7,12H,2-3,8-11H2,1H3. The molecule has 120 valence electrons. The van der Waals surface area contributed by atoms with Crippen molar-refractivity contribution in [2.45, 2.75) is 12.8 Å². The number of fused-ring (bicyclic) bond motifs is 1. The molecular weight excluding hydrogens is 323 g/mol. The molecule has 0 saturated carbocycles. The van der Waals surface area contributed by atoms with Crippen LogP contribution in [0.3, 0.4) is 0 Å². The number of hydrogen-bond donors (Lipinski definition) is 0. The lowest BCUT2D eigenvalue weighted by Gasteiger charge is -2.14. The molecule has 0 aliphatic rings. The van der Waals surface area contributed by atoms with Gasteiger partial charge in [0.15, 0.2) is 11.5 Å². The SMILES string of the molecule is COc1c(OCCCCl)ccc2cc(OCCCCl)ccc12. The van der Waals surface area contributed by atoms with Crippen LogP contribution >= 0.6 is 23.2 Å². The lowest BCUT2D eigenvalue weighted by Crippen LogP contribution is -2.00. The second kappa shape index (κ2) is 8.96. The molecule has 0 radical (unpaired) electrons. The van der Waals surface area contributed by atoms with Gasteiger partial charge >= 0.3 is 0 Å². The highest BCUT2D eigenvalue weighted by Gasteiger charge is 2.10. The summed E-state index contributed by atoms with van der Waals surface area (Å²) in [6.07, 6.45) is 1.63. The van der Waals surface area contributed by atoms with E-state index in [-0.39, 0.29) is 0 Å². The van der Waals surface area contributed by atoms with Crippen LogP contribution in [0.1, 0.15) is 12.8 Å². The molecule has 0 heterocycles. The molecule has 2 rings (SSSR count). The summed E-state index contributed by atoms with van der Waals surface area (Å²) < 4.78 is 16.9. The zero-order valence-electron chi connectivity index (χ0n) is 12.6. The van der Waals surface area contributed by atoms with Crippen molar-refractivity contribution in [2.75, 3.05) is 32.1 Å². The molecule has 2 aromatic carbocycles. The number of ether oxygens (including phenoxy) is 3. The van der Waals surface area contributed by atoms with Crippen LogP contribution in [0.5, 0.6) is 17.2 Å². The highest BCUT2D eigenvalue weighted by Crippen LogP contribution is 2.37. The Morgan fingerprint density at radius 2 is 1.64 bits per heavy atom. The van der Waals surface area contributed by atoms with Crippen LogP contribution in [-0.4, -0.2) is 32.1 Å². The lowest BCUT2D eigenvalue weighted by molar-refractivity contribution is 0.296. The Labute approximate surface area is 141 Å². The van der Waals surface area contributed by atoms with Crippen LogP contribution in [0.25, 0.3) is 10.8 Å². The van der Waals surface area contributed by atoms with Gasteiger partial charge in [-0.15, -0.1) is 23.2 Å². The topological polar surface area (TPSA) is 27.7 Å². The van der Waals surface area contributed by atoms with Gasteiger partial charge in [0, 0.05) is 17.1 Å². The minimum Gasteiger partial charge on any atom is -0.494 e. The van der Waals surface area contributed by atoms with E-state index in [0.29, 0.717) is 25.0 Å². The molecule has 0 fully saturated rings. The first-order chi connectivity index (χ1) is 10.8. The van der Waals surface area contributed by atoms with Crippen molar-refractivity contribution < 1.29 is 14.2 Å². The number of benzene rings is 2. The molecule has 0 unspecified atom stereocenters. The Bertz CT molecular complexity index is 602. The van der Waals surface area contributed by atoms with E-state index in [1.165, 1.54) is 0 Å². The number of hydrogen-bond acceptors (Lipinski definition) is 3. The summed E-state index contributed by atoms with van der Waals surface area (Å²) in [5.41, 5.74) is 0. The quantitative estimate of drug-likeness (QED) is 0.480. The zero-order chi connectivity index (χ0) is 15.8. The highest BCUT2D eigenvalue weighted by atomic mass is 35.5. The summed E-state index contributed by atoms with van der Waals surface area (Å²) in [6, 6.07) is 9.83. The Kier molecular flexibility index (Phi) is 6.94. The van der Waals surface area contributed by atoms with E-state index in [9.17, 15) is 0 Å². The van der Waals surface area contributed by atoms with Crippen molar-refractivity contribution in [3.63, 3.8) is 0 Å². The van der Waals surface area contributed by atoms with Crippen molar-refractivity contribution >= 4 is 34.0 Å². The Morgan fingerprint density at radius 3 is 2.32 bits per heavy atom. The molecule has 0 aromatic heterocycles. The van der Waals surface area contributed by atoms with Crippen molar-refractivity contribution in [1.82, 2.24) is 0 Å². The maximum atomic E-state index is 5.73. The summed E-state index contributed by atoms with van der Waals surface area (Å²) in [6.45, 7) is 1.19. The summed E-state index contributed by atoms with van der Waals surface area (Å²) in [5, 5.41) is 2.04. The molecule has 0 bridgehead atoms. The van der Waals surface area contributed by atoms with Gasteiger partial charge in [-0.2, -0.15) is 0 Å². The Hall–Kier alpha value is -1.32. The second-order valence-corrected chi connectivity index (χ2v) is 5.52. The first-order valence-electron chi connectivity index (χ1n) is 7.28. The van der Waals surface area contributed by atoms with Gasteiger partial charge in [-0.25, -0.2) is 0 Å². The monoisotopic (exact) mass is 342 g/mol. The van der Waals surface area contributed by atoms with Gasteiger partial charge in [-0.3, -0.25) is 0 Å². The predicted molar refractivity (Wildman–Crippen MR) is 92.2 cm³/mol. The van der Waals surface area contributed by atoms with Crippen LogP contribution in [0, 0.1) is 0 Å². The van der Waals surface area contributed by atoms with E-state index in [4.69, 9.17) is 37.4 Å². The number of alkyl halides is 2. The summed E-state index contributed by atoms with van der Waals surface area (Å²) in [5.74, 6) is 3.48. The van der Waals surface area contributed by atoms with Crippen LogP contribution in [0.4, 0.5) is 0 Å². The van der Waals surface area contributed by atoms with E-state index in [1.807, 2.05) is 30.3 Å². The van der Waals surface area contributed by atoms with Crippen molar-refractivity contribution in [3.8, 4) is 17.2 Å². The fraction of sp³-hybridized carbons (Fsp3) is 0.412. The van der Waals surface area contributed by atoms with E-state index in [0.717, 1.165) is 40.9 Å². The van der Waals surface area contributed by atoms with Crippen LogP contribution in [-0.2, 0) is 0 Å². The largest absolute Gasteiger partial charge is 0.494 e. The van der Waals surface area contributed by atoms with Gasteiger partial charge in [-0.05, 0) is 42.5 Å². The smallest absolute Gasteiger partial charge is 0.168 e. The molecular formula is C17H20Cl2O3. The highest BCUT2D eigenvalue weighted by molar-refractivity contribution is 6.18. The summed E-state index contributed by atoms with van der Waals surface area (Å²) in [7, 11) is 1.65. The molecule has 0 spiro atoms. The number of methoxy groups -OCH3 is 1. The van der Waals surface area contributed by atoms with Crippen molar-refractivity contribution in [1.29, 1.82) is 0 Å².